The molecule has 2 aliphatic rings. The number of thioether (sulfide) groups is 1. The highest BCUT2D eigenvalue weighted by Gasteiger charge is 2.41. The van der Waals surface area contributed by atoms with Gasteiger partial charge in [0, 0.05) is 22.6 Å². The molecule has 23 heavy (non-hydrogen) atoms. The molecule has 4 nitrogen and oxygen atoms in total. The van der Waals surface area contributed by atoms with E-state index in [-0.39, 0.29) is 10.9 Å². The average molecular weight is 365 g/mol. The molecular weight excluding hydrogens is 353 g/mol. The molecule has 1 fully saturated rings. The fourth-order valence-corrected chi connectivity index (χ4v) is 3.84. The van der Waals surface area contributed by atoms with Gasteiger partial charge in [-0.2, -0.15) is 0 Å². The van der Waals surface area contributed by atoms with Gasteiger partial charge in [-0.3, -0.25) is 9.79 Å². The predicted octanol–water partition coefficient (Wildman–Crippen LogP) is 4.08. The molecule has 1 saturated heterocycles. The van der Waals surface area contributed by atoms with E-state index in [2.05, 4.69) is 15.0 Å². The van der Waals surface area contributed by atoms with Gasteiger partial charge in [0.2, 0.25) is 5.91 Å². The van der Waals surface area contributed by atoms with E-state index in [4.69, 9.17) is 11.6 Å². The summed E-state index contributed by atoms with van der Waals surface area (Å²) in [5, 5.41) is 2.15. The third kappa shape index (κ3) is 3.42. The van der Waals surface area contributed by atoms with Crippen molar-refractivity contribution in [1.82, 2.24) is 5.32 Å². The highest BCUT2D eigenvalue weighted by atomic mass is 35.5. The molecule has 1 aromatic carbocycles. The zero-order valence-corrected chi connectivity index (χ0v) is 13.7. The minimum atomic E-state index is -4.84. The zero-order chi connectivity index (χ0) is 17.0. The van der Waals surface area contributed by atoms with Crippen molar-refractivity contribution in [2.24, 2.45) is 4.99 Å². The van der Waals surface area contributed by atoms with E-state index in [1.165, 1.54) is 12.1 Å². The summed E-state index contributed by atoms with van der Waals surface area (Å²) in [6.07, 6.45) is -4.27. The third-order valence-corrected chi connectivity index (χ3v) is 4.97. The molecule has 1 N–H and O–H groups in total. The van der Waals surface area contributed by atoms with Gasteiger partial charge in [-0.25, -0.2) is 0 Å². The van der Waals surface area contributed by atoms with Crippen LogP contribution >= 0.6 is 23.4 Å². The molecule has 0 radical (unpaired) electrons. The molecule has 9 heteroatoms. The summed E-state index contributed by atoms with van der Waals surface area (Å²) in [4.78, 5) is 17.0. The second-order valence-corrected chi connectivity index (χ2v) is 7.50. The van der Waals surface area contributed by atoms with Crippen molar-refractivity contribution in [2.45, 2.75) is 42.3 Å². The molecule has 0 spiro atoms. The molecule has 3 rings (SSSR count). The molecule has 0 aromatic heterocycles. The maximum absolute atomic E-state index is 12.4. The van der Waals surface area contributed by atoms with Crippen LogP contribution in [0.25, 0.3) is 0 Å². The fourth-order valence-electron chi connectivity index (χ4n) is 2.55. The monoisotopic (exact) mass is 364 g/mol. The molecule has 2 aliphatic heterocycles. The fraction of sp³-hybridized carbons (Fsp3) is 0.429. The van der Waals surface area contributed by atoms with Crippen molar-refractivity contribution in [2.75, 3.05) is 0 Å². The van der Waals surface area contributed by atoms with Gasteiger partial charge in [-0.1, -0.05) is 11.6 Å². The Balaban J connectivity index is 1.99. The number of piperidine rings is 1. The van der Waals surface area contributed by atoms with Crippen LogP contribution in [0.5, 0.6) is 5.75 Å². The number of fused-ring (bicyclic) bond motifs is 2. The van der Waals surface area contributed by atoms with Crippen molar-refractivity contribution < 1.29 is 22.7 Å². The summed E-state index contributed by atoms with van der Waals surface area (Å²) >= 11 is 6.99. The Hall–Kier alpha value is -1.41. The van der Waals surface area contributed by atoms with E-state index in [0.717, 1.165) is 11.8 Å². The highest BCUT2D eigenvalue weighted by Crippen LogP contribution is 2.46. The molecule has 1 aromatic rings. The van der Waals surface area contributed by atoms with Gasteiger partial charge in [-0.15, -0.1) is 24.9 Å². The third-order valence-electron chi connectivity index (χ3n) is 3.37. The van der Waals surface area contributed by atoms with Gasteiger partial charge in [-0.05, 0) is 26.0 Å². The maximum atomic E-state index is 12.4. The molecule has 1 amide bonds. The number of ether oxygens (including phenoxy) is 1. The summed E-state index contributed by atoms with van der Waals surface area (Å²) in [5.41, 5.74) is 0.733. The number of halogens is 4. The van der Waals surface area contributed by atoms with E-state index in [1.807, 2.05) is 13.8 Å². The van der Waals surface area contributed by atoms with Gasteiger partial charge in [0.1, 0.15) is 11.0 Å². The van der Waals surface area contributed by atoms with Gasteiger partial charge < -0.3 is 10.1 Å². The summed E-state index contributed by atoms with van der Waals surface area (Å²) < 4.78 is 41.1. The van der Waals surface area contributed by atoms with Crippen LogP contribution in [0, 0.1) is 0 Å². The first-order valence-corrected chi connectivity index (χ1v) is 7.95. The molecule has 2 heterocycles. The lowest BCUT2D eigenvalue weighted by atomic mass is 9.90. The SMILES string of the molecule is CC1(C)CC2=Nc3cc(Cl)c(OC(F)(F)F)cc3SC2C(=O)N1. The first kappa shape index (κ1) is 16.4. The van der Waals surface area contributed by atoms with Crippen LogP contribution in [0.1, 0.15) is 20.3 Å². The Labute approximate surface area is 139 Å². The number of benzene rings is 1. The van der Waals surface area contributed by atoms with Crippen LogP contribution in [0.3, 0.4) is 0 Å². The predicted molar refractivity (Wildman–Crippen MR) is 81.7 cm³/mol. The van der Waals surface area contributed by atoms with Gasteiger partial charge in [0.05, 0.1) is 10.7 Å². The maximum Gasteiger partial charge on any atom is 0.573 e. The van der Waals surface area contributed by atoms with Crippen molar-refractivity contribution in [3.63, 3.8) is 0 Å². The van der Waals surface area contributed by atoms with Gasteiger partial charge >= 0.3 is 6.36 Å². The Morgan fingerprint density at radius 1 is 1.43 bits per heavy atom. The van der Waals surface area contributed by atoms with E-state index in [1.54, 1.807) is 0 Å². The van der Waals surface area contributed by atoms with Crippen molar-refractivity contribution in [3.8, 4) is 5.75 Å². The van der Waals surface area contributed by atoms with Crippen LogP contribution in [-0.4, -0.2) is 28.8 Å². The standard InChI is InChI=1S/C14H12ClF3N2O2S/c1-13(2)5-8-11(12(21)20-13)23-10-4-9(22-14(16,17)18)6(15)3-7(10)19-8/h3-4,11H,5H2,1-2H3,(H,20,21). The quantitative estimate of drug-likeness (QED) is 0.816. The molecule has 1 atom stereocenters. The molecule has 0 bridgehead atoms. The van der Waals surface area contributed by atoms with Crippen LogP contribution in [0.2, 0.25) is 5.02 Å². The molecule has 124 valence electrons. The second-order valence-electron chi connectivity index (χ2n) is 5.95. The average Bonchev–Trinajstić information content (AvgIpc) is 2.35. The summed E-state index contributed by atoms with van der Waals surface area (Å²) in [5.74, 6) is -0.704. The number of hydrogen-bond donors (Lipinski definition) is 1. The lowest BCUT2D eigenvalue weighted by Gasteiger charge is -2.37. The smallest absolute Gasteiger partial charge is 0.404 e. The van der Waals surface area contributed by atoms with Crippen molar-refractivity contribution in [3.05, 3.63) is 17.2 Å². The zero-order valence-electron chi connectivity index (χ0n) is 12.1. The minimum absolute atomic E-state index is 0.177. The molecule has 0 aliphatic carbocycles. The Morgan fingerprint density at radius 2 is 2.13 bits per heavy atom. The summed E-state index contributed by atoms with van der Waals surface area (Å²) in [7, 11) is 0. The number of amides is 1. The first-order valence-electron chi connectivity index (χ1n) is 6.69. The lowest BCUT2D eigenvalue weighted by Crippen LogP contribution is -2.56. The van der Waals surface area contributed by atoms with E-state index in [9.17, 15) is 18.0 Å². The summed E-state index contributed by atoms with van der Waals surface area (Å²) in [6.45, 7) is 3.77. The highest BCUT2D eigenvalue weighted by molar-refractivity contribution is 8.01. The van der Waals surface area contributed by atoms with Crippen LogP contribution in [0.4, 0.5) is 18.9 Å². The number of carbonyl (C=O) groups is 1. The lowest BCUT2D eigenvalue weighted by molar-refractivity contribution is -0.274. The van der Waals surface area contributed by atoms with E-state index in [0.29, 0.717) is 22.7 Å². The Bertz CT molecular complexity index is 719. The number of nitrogens with one attached hydrogen (secondary N) is 1. The number of hydrogen-bond acceptors (Lipinski definition) is 4. The van der Waals surface area contributed by atoms with E-state index >= 15 is 0 Å². The van der Waals surface area contributed by atoms with Crippen molar-refractivity contribution >= 4 is 40.7 Å². The number of alkyl halides is 3. The van der Waals surface area contributed by atoms with Crippen LogP contribution in [0.15, 0.2) is 22.0 Å². The van der Waals surface area contributed by atoms with E-state index < -0.39 is 22.9 Å². The Kier molecular flexibility index (Phi) is 3.79. The van der Waals surface area contributed by atoms with Gasteiger partial charge in [0.15, 0.2) is 0 Å². The van der Waals surface area contributed by atoms with Crippen LogP contribution < -0.4 is 10.1 Å². The molecular formula is C14H12ClF3N2O2S. The number of rotatable bonds is 1. The van der Waals surface area contributed by atoms with Crippen LogP contribution in [-0.2, 0) is 4.79 Å². The largest absolute Gasteiger partial charge is 0.573 e. The Morgan fingerprint density at radius 3 is 2.78 bits per heavy atom. The number of carbonyl (C=O) groups excluding carboxylic acids is 1. The second kappa shape index (κ2) is 5.31. The van der Waals surface area contributed by atoms with Crippen molar-refractivity contribution in [1.29, 1.82) is 0 Å². The molecule has 1 unspecified atom stereocenters. The normalized spacial score (nSPS) is 22.6. The minimum Gasteiger partial charge on any atom is -0.404 e. The molecule has 0 saturated carbocycles. The number of aliphatic imine (C=N–C) groups is 1. The topological polar surface area (TPSA) is 50.7 Å². The van der Waals surface area contributed by atoms with Gasteiger partial charge in [0.25, 0.3) is 0 Å². The first-order chi connectivity index (χ1) is 10.5. The summed E-state index contributed by atoms with van der Waals surface area (Å²) in [6, 6.07) is 2.50. The number of nitrogens with zero attached hydrogens (tertiary/aromatic N) is 1.